The predicted molar refractivity (Wildman–Crippen MR) is 213 cm³/mol. The van der Waals surface area contributed by atoms with Gasteiger partial charge in [-0.3, -0.25) is 19.2 Å². The van der Waals surface area contributed by atoms with E-state index in [1.165, 1.54) is 24.8 Å². The molecule has 1 heterocycles. The van der Waals surface area contributed by atoms with Crippen molar-refractivity contribution >= 4 is 74.5 Å². The van der Waals surface area contributed by atoms with Crippen molar-refractivity contribution in [3.05, 3.63) is 173 Å². The second-order valence-electron chi connectivity index (χ2n) is 11.7. The quantitative estimate of drug-likeness (QED) is 0.0723. The third kappa shape index (κ3) is 10.2. The molecule has 11 heteroatoms. The Morgan fingerprint density at radius 1 is 0.660 bits per heavy atom. The second-order valence-corrected chi connectivity index (χ2v) is 13.8. The van der Waals surface area contributed by atoms with Gasteiger partial charge in [-0.25, -0.2) is 0 Å². The van der Waals surface area contributed by atoms with Crippen LogP contribution in [0, 0.1) is 0 Å². The Balaban J connectivity index is 1.18. The Bertz CT molecular complexity index is 2240. The summed E-state index contributed by atoms with van der Waals surface area (Å²) in [4.78, 5) is 52.6. The van der Waals surface area contributed by atoms with E-state index in [0.29, 0.717) is 34.1 Å². The molecule has 0 spiro atoms. The number of hydrogen-bond acceptors (Lipinski definition) is 6. The summed E-state index contributed by atoms with van der Waals surface area (Å²) >= 11 is 4.80. The van der Waals surface area contributed by atoms with E-state index in [1.807, 2.05) is 66.7 Å². The SMILES string of the molecule is CC(=O)Nc1ccc(NC(=O)[C@H](Sc2ccc(NC(=O)/C(=C/c3ccc(-c4ccc(Br)cc4)o3)NC(=O)c3ccccc3)cc2)c2ccccc2)cc1. The number of halogens is 1. The molecule has 5 aromatic carbocycles. The number of carbonyl (C=O) groups excluding carboxylic acids is 4. The molecular weight excluding hydrogens is 752 g/mol. The minimum Gasteiger partial charge on any atom is -0.457 e. The van der Waals surface area contributed by atoms with Crippen molar-refractivity contribution in [1.29, 1.82) is 0 Å². The molecule has 0 saturated carbocycles. The zero-order valence-corrected chi connectivity index (χ0v) is 30.7. The molecule has 0 aliphatic heterocycles. The summed E-state index contributed by atoms with van der Waals surface area (Å²) in [6.07, 6.45) is 1.49. The van der Waals surface area contributed by atoms with E-state index in [2.05, 4.69) is 37.2 Å². The van der Waals surface area contributed by atoms with Crippen molar-refractivity contribution < 1.29 is 23.6 Å². The number of anilines is 3. The highest BCUT2D eigenvalue weighted by Gasteiger charge is 2.23. The Morgan fingerprint density at radius 2 is 1.25 bits per heavy atom. The molecule has 0 aliphatic rings. The average Bonchev–Trinajstić information content (AvgIpc) is 3.64. The van der Waals surface area contributed by atoms with Gasteiger partial charge in [-0.2, -0.15) is 0 Å². The number of rotatable bonds is 12. The van der Waals surface area contributed by atoms with Crippen molar-refractivity contribution in [3.8, 4) is 11.3 Å². The molecule has 264 valence electrons. The highest BCUT2D eigenvalue weighted by atomic mass is 79.9. The van der Waals surface area contributed by atoms with Gasteiger partial charge in [0.05, 0.1) is 0 Å². The van der Waals surface area contributed by atoms with E-state index in [-0.39, 0.29) is 17.5 Å². The number of hydrogen-bond donors (Lipinski definition) is 4. The van der Waals surface area contributed by atoms with Crippen LogP contribution in [0.25, 0.3) is 17.4 Å². The largest absolute Gasteiger partial charge is 0.457 e. The van der Waals surface area contributed by atoms with Crippen LogP contribution in [0.1, 0.15) is 33.9 Å². The minimum atomic E-state index is -0.593. The number of nitrogens with one attached hydrogen (secondary N) is 4. The summed E-state index contributed by atoms with van der Waals surface area (Å²) in [5.74, 6) is -0.430. The monoisotopic (exact) mass is 784 g/mol. The summed E-state index contributed by atoms with van der Waals surface area (Å²) in [7, 11) is 0. The van der Waals surface area contributed by atoms with Crippen LogP contribution in [0.4, 0.5) is 17.1 Å². The van der Waals surface area contributed by atoms with Crippen LogP contribution in [0.3, 0.4) is 0 Å². The molecule has 0 aliphatic carbocycles. The van der Waals surface area contributed by atoms with Crippen LogP contribution < -0.4 is 21.3 Å². The van der Waals surface area contributed by atoms with Gasteiger partial charge in [0.15, 0.2) is 0 Å². The van der Waals surface area contributed by atoms with Gasteiger partial charge in [-0.15, -0.1) is 11.8 Å². The number of thioether (sulfide) groups is 1. The topological polar surface area (TPSA) is 130 Å². The summed E-state index contributed by atoms with van der Waals surface area (Å²) in [6, 6.07) is 43.2. The first-order valence-electron chi connectivity index (χ1n) is 16.5. The molecule has 0 radical (unpaired) electrons. The molecule has 0 bridgehead atoms. The maximum absolute atomic E-state index is 13.7. The molecule has 6 rings (SSSR count). The van der Waals surface area contributed by atoms with E-state index in [9.17, 15) is 19.2 Å². The first kappa shape index (κ1) is 36.6. The maximum atomic E-state index is 13.7. The summed E-state index contributed by atoms with van der Waals surface area (Å²) < 4.78 is 6.96. The number of benzene rings is 5. The number of amides is 4. The van der Waals surface area contributed by atoms with Crippen LogP contribution in [-0.4, -0.2) is 23.6 Å². The van der Waals surface area contributed by atoms with Gasteiger partial charge in [0, 0.05) is 50.6 Å². The Kier molecular flexibility index (Phi) is 12.0. The molecule has 53 heavy (non-hydrogen) atoms. The first-order valence-corrected chi connectivity index (χ1v) is 18.1. The Morgan fingerprint density at radius 3 is 1.89 bits per heavy atom. The van der Waals surface area contributed by atoms with Crippen molar-refractivity contribution in [2.75, 3.05) is 16.0 Å². The molecule has 6 aromatic rings. The third-order valence-electron chi connectivity index (χ3n) is 7.75. The molecule has 4 N–H and O–H groups in total. The molecule has 0 unspecified atom stereocenters. The molecule has 1 aromatic heterocycles. The zero-order chi connectivity index (χ0) is 37.2. The lowest BCUT2D eigenvalue weighted by Gasteiger charge is -2.18. The van der Waals surface area contributed by atoms with Gasteiger partial charge in [0.25, 0.3) is 11.8 Å². The summed E-state index contributed by atoms with van der Waals surface area (Å²) in [5, 5.41) is 10.7. The minimum absolute atomic E-state index is 0.0140. The van der Waals surface area contributed by atoms with E-state index >= 15 is 0 Å². The van der Waals surface area contributed by atoms with E-state index in [0.717, 1.165) is 20.5 Å². The highest BCUT2D eigenvalue weighted by Crippen LogP contribution is 2.37. The van der Waals surface area contributed by atoms with Crippen molar-refractivity contribution in [3.63, 3.8) is 0 Å². The van der Waals surface area contributed by atoms with Gasteiger partial charge in [-0.05, 0) is 90.5 Å². The first-order chi connectivity index (χ1) is 25.7. The molecule has 0 saturated heterocycles. The van der Waals surface area contributed by atoms with Crippen LogP contribution in [0.2, 0.25) is 0 Å². The molecule has 1 atom stereocenters. The smallest absolute Gasteiger partial charge is 0.272 e. The number of furan rings is 1. The standard InChI is InChI=1S/C42H33BrN4O5S/c1-27(48)44-32-16-18-33(19-17-32)46-42(51)39(29-8-4-2-5-9-29)53-36-23-20-34(21-24-36)45-41(50)37(47-40(49)30-10-6-3-7-11-30)26-35-22-25-38(52-35)28-12-14-31(43)15-13-28/h2-26,39H,1H3,(H,44,48)(H,45,50)(H,46,51)(H,47,49)/b37-26-/t39-/m1/s1. The number of carbonyl (C=O) groups is 4. The van der Waals surface area contributed by atoms with Gasteiger partial charge >= 0.3 is 0 Å². The van der Waals surface area contributed by atoms with Crippen LogP contribution >= 0.6 is 27.7 Å². The lowest BCUT2D eigenvalue weighted by Crippen LogP contribution is -2.30. The van der Waals surface area contributed by atoms with Crippen molar-refractivity contribution in [2.45, 2.75) is 17.1 Å². The maximum Gasteiger partial charge on any atom is 0.272 e. The summed E-state index contributed by atoms with van der Waals surface area (Å²) in [6.45, 7) is 1.43. The van der Waals surface area contributed by atoms with E-state index < -0.39 is 17.1 Å². The van der Waals surface area contributed by atoms with Crippen LogP contribution in [-0.2, 0) is 14.4 Å². The van der Waals surface area contributed by atoms with Crippen LogP contribution in [0.15, 0.2) is 165 Å². The molecule has 9 nitrogen and oxygen atoms in total. The highest BCUT2D eigenvalue weighted by molar-refractivity contribution is 9.10. The lowest BCUT2D eigenvalue weighted by molar-refractivity contribution is -0.116. The fourth-order valence-corrected chi connectivity index (χ4v) is 6.47. The Hall–Kier alpha value is -6.17. The van der Waals surface area contributed by atoms with Crippen molar-refractivity contribution in [2.24, 2.45) is 0 Å². The zero-order valence-electron chi connectivity index (χ0n) is 28.3. The van der Waals surface area contributed by atoms with Gasteiger partial charge < -0.3 is 25.7 Å². The Labute approximate surface area is 319 Å². The summed E-state index contributed by atoms with van der Waals surface area (Å²) in [5.41, 5.74) is 3.74. The fraction of sp³-hybridized carbons (Fsp3) is 0.0476. The van der Waals surface area contributed by atoms with Gasteiger partial charge in [0.1, 0.15) is 22.5 Å². The second kappa shape index (κ2) is 17.4. The average molecular weight is 786 g/mol. The predicted octanol–water partition coefficient (Wildman–Crippen LogP) is 9.55. The van der Waals surface area contributed by atoms with E-state index in [4.69, 9.17) is 4.42 Å². The fourth-order valence-electron chi connectivity index (χ4n) is 5.18. The third-order valence-corrected chi connectivity index (χ3v) is 9.55. The molecular formula is C42H33BrN4O5S. The normalized spacial score (nSPS) is 11.6. The van der Waals surface area contributed by atoms with E-state index in [1.54, 1.807) is 78.9 Å². The van der Waals surface area contributed by atoms with Crippen molar-refractivity contribution in [1.82, 2.24) is 5.32 Å². The van der Waals surface area contributed by atoms with Gasteiger partial charge in [0.2, 0.25) is 11.8 Å². The molecule has 0 fully saturated rings. The molecule has 4 amide bonds. The van der Waals surface area contributed by atoms with Crippen LogP contribution in [0.5, 0.6) is 0 Å². The van der Waals surface area contributed by atoms with Gasteiger partial charge in [-0.1, -0.05) is 76.6 Å². The lowest BCUT2D eigenvalue weighted by atomic mass is 10.1.